The highest BCUT2D eigenvalue weighted by atomic mass is 16.6. The lowest BCUT2D eigenvalue weighted by molar-refractivity contribution is 0.0528. The molecule has 4 nitrogen and oxygen atoms in total. The molecule has 0 unspecified atom stereocenters. The van der Waals surface area contributed by atoms with Crippen LogP contribution in [-0.2, 0) is 11.2 Å². The van der Waals surface area contributed by atoms with Crippen LogP contribution in [0.2, 0.25) is 0 Å². The molecule has 0 heterocycles. The van der Waals surface area contributed by atoms with Crippen LogP contribution in [0.1, 0.15) is 33.3 Å². The van der Waals surface area contributed by atoms with Crippen LogP contribution in [0.5, 0.6) is 0 Å². The molecule has 2 N–H and O–H groups in total. The smallest absolute Gasteiger partial charge is 0.407 e. The third-order valence-corrected chi connectivity index (χ3v) is 2.42. The molecule has 0 aliphatic carbocycles. The van der Waals surface area contributed by atoms with E-state index in [0.29, 0.717) is 6.54 Å². The van der Waals surface area contributed by atoms with Crippen LogP contribution in [0.25, 0.3) is 0 Å². The molecule has 0 aliphatic rings. The summed E-state index contributed by atoms with van der Waals surface area (Å²) in [5, 5.41) is 6.00. The lowest BCUT2D eigenvalue weighted by atomic mass is 10.1. The van der Waals surface area contributed by atoms with E-state index in [0.717, 1.165) is 18.7 Å². The lowest BCUT2D eigenvalue weighted by Crippen LogP contribution is -2.33. The zero-order valence-corrected chi connectivity index (χ0v) is 12.2. The third-order valence-electron chi connectivity index (χ3n) is 2.42. The van der Waals surface area contributed by atoms with Gasteiger partial charge in [-0.25, -0.2) is 4.79 Å². The molecular formula is C15H24N2O2. The van der Waals surface area contributed by atoms with Gasteiger partial charge in [-0.2, -0.15) is 0 Å². The van der Waals surface area contributed by atoms with Crippen molar-refractivity contribution < 1.29 is 9.53 Å². The second-order valence-electron chi connectivity index (χ2n) is 5.41. The number of hydrogen-bond acceptors (Lipinski definition) is 3. The highest BCUT2D eigenvalue weighted by Gasteiger charge is 2.15. The first-order valence-electron chi connectivity index (χ1n) is 6.70. The number of carbonyl (C=O) groups is 1. The van der Waals surface area contributed by atoms with E-state index in [9.17, 15) is 4.79 Å². The van der Waals surface area contributed by atoms with Crippen molar-refractivity contribution in [1.29, 1.82) is 0 Å². The number of hydrogen-bond donors (Lipinski definition) is 2. The van der Waals surface area contributed by atoms with Gasteiger partial charge in [-0.1, -0.05) is 12.1 Å². The Morgan fingerprint density at radius 3 is 2.37 bits per heavy atom. The molecule has 0 saturated carbocycles. The van der Waals surface area contributed by atoms with Gasteiger partial charge in [0.15, 0.2) is 0 Å². The maximum absolute atomic E-state index is 11.4. The zero-order chi connectivity index (χ0) is 14.3. The highest BCUT2D eigenvalue weighted by molar-refractivity contribution is 5.67. The number of anilines is 1. The summed E-state index contributed by atoms with van der Waals surface area (Å²) in [6, 6.07) is 8.22. The molecule has 106 valence electrons. The molecule has 0 saturated heterocycles. The number of ether oxygens (including phenoxy) is 1. The summed E-state index contributed by atoms with van der Waals surface area (Å²) in [5.41, 5.74) is 1.86. The Labute approximate surface area is 115 Å². The van der Waals surface area contributed by atoms with Crippen molar-refractivity contribution in [3.05, 3.63) is 29.8 Å². The normalized spacial score (nSPS) is 10.9. The molecular weight excluding hydrogens is 240 g/mol. The minimum atomic E-state index is -0.447. The minimum Gasteiger partial charge on any atom is -0.444 e. The predicted octanol–water partition coefficient (Wildman–Crippen LogP) is 3.19. The summed E-state index contributed by atoms with van der Waals surface area (Å²) >= 11 is 0. The number of alkyl carbamates (subject to hydrolysis) is 1. The summed E-state index contributed by atoms with van der Waals surface area (Å²) in [6.07, 6.45) is 0.433. The fourth-order valence-corrected chi connectivity index (χ4v) is 1.62. The topological polar surface area (TPSA) is 50.4 Å². The largest absolute Gasteiger partial charge is 0.444 e. The monoisotopic (exact) mass is 264 g/mol. The van der Waals surface area contributed by atoms with Crippen molar-refractivity contribution in [2.24, 2.45) is 0 Å². The van der Waals surface area contributed by atoms with Gasteiger partial charge in [0.2, 0.25) is 0 Å². The Bertz CT molecular complexity index is 394. The van der Waals surface area contributed by atoms with Gasteiger partial charge in [0.1, 0.15) is 5.60 Å². The summed E-state index contributed by atoms with van der Waals surface area (Å²) in [4.78, 5) is 11.4. The van der Waals surface area contributed by atoms with Gasteiger partial charge >= 0.3 is 6.09 Å². The van der Waals surface area contributed by atoms with E-state index in [-0.39, 0.29) is 6.09 Å². The van der Waals surface area contributed by atoms with E-state index in [2.05, 4.69) is 29.7 Å². The highest BCUT2D eigenvalue weighted by Crippen LogP contribution is 2.10. The van der Waals surface area contributed by atoms with Crippen LogP contribution < -0.4 is 10.6 Å². The van der Waals surface area contributed by atoms with Crippen molar-refractivity contribution in [2.45, 2.75) is 39.7 Å². The average Bonchev–Trinajstić information content (AvgIpc) is 2.29. The summed E-state index contributed by atoms with van der Waals surface area (Å²) in [6.45, 7) is 9.12. The minimum absolute atomic E-state index is 0.364. The molecule has 1 amide bonds. The molecule has 0 bridgehead atoms. The Kier molecular flexibility index (Phi) is 5.67. The summed E-state index contributed by atoms with van der Waals surface area (Å²) < 4.78 is 5.17. The van der Waals surface area contributed by atoms with Crippen molar-refractivity contribution in [2.75, 3.05) is 18.4 Å². The van der Waals surface area contributed by atoms with Gasteiger partial charge in [0.25, 0.3) is 0 Å². The van der Waals surface area contributed by atoms with Crippen molar-refractivity contribution in [3.8, 4) is 0 Å². The second-order valence-corrected chi connectivity index (χ2v) is 5.41. The van der Waals surface area contributed by atoms with Gasteiger partial charge in [0, 0.05) is 18.8 Å². The van der Waals surface area contributed by atoms with Crippen LogP contribution in [0, 0.1) is 0 Å². The molecule has 4 heteroatoms. The fourth-order valence-electron chi connectivity index (χ4n) is 1.62. The van der Waals surface area contributed by atoms with E-state index in [4.69, 9.17) is 4.74 Å². The van der Waals surface area contributed by atoms with Crippen molar-refractivity contribution in [1.82, 2.24) is 5.32 Å². The Balaban J connectivity index is 2.31. The van der Waals surface area contributed by atoms with Crippen LogP contribution >= 0.6 is 0 Å². The lowest BCUT2D eigenvalue weighted by Gasteiger charge is -2.19. The number of carbonyl (C=O) groups excluding carboxylic acids is 1. The number of rotatable bonds is 5. The van der Waals surface area contributed by atoms with Gasteiger partial charge < -0.3 is 15.4 Å². The third kappa shape index (κ3) is 6.70. The van der Waals surface area contributed by atoms with Gasteiger partial charge in [0.05, 0.1) is 0 Å². The SMILES string of the molecule is CCNc1ccc(CCNC(=O)OC(C)(C)C)cc1. The average molecular weight is 264 g/mol. The number of amides is 1. The Morgan fingerprint density at radius 2 is 1.84 bits per heavy atom. The van der Waals surface area contributed by atoms with Crippen LogP contribution in [0.3, 0.4) is 0 Å². The van der Waals surface area contributed by atoms with Crippen molar-refractivity contribution in [3.63, 3.8) is 0 Å². The predicted molar refractivity (Wildman–Crippen MR) is 78.5 cm³/mol. The van der Waals surface area contributed by atoms with Gasteiger partial charge in [-0.3, -0.25) is 0 Å². The Morgan fingerprint density at radius 1 is 1.21 bits per heavy atom. The first kappa shape index (κ1) is 15.3. The van der Waals surface area contributed by atoms with E-state index < -0.39 is 5.60 Å². The number of nitrogens with one attached hydrogen (secondary N) is 2. The van der Waals surface area contributed by atoms with E-state index >= 15 is 0 Å². The first-order chi connectivity index (χ1) is 8.90. The number of benzene rings is 1. The second kappa shape index (κ2) is 7.02. The molecule has 1 aromatic carbocycles. The maximum atomic E-state index is 11.4. The van der Waals surface area contributed by atoms with Crippen LogP contribution in [0.4, 0.5) is 10.5 Å². The Hall–Kier alpha value is -1.71. The molecule has 0 spiro atoms. The quantitative estimate of drug-likeness (QED) is 0.858. The molecule has 0 aliphatic heterocycles. The summed E-state index contributed by atoms with van der Waals surface area (Å²) in [5.74, 6) is 0. The van der Waals surface area contributed by atoms with E-state index in [1.807, 2.05) is 32.9 Å². The van der Waals surface area contributed by atoms with Crippen molar-refractivity contribution >= 4 is 11.8 Å². The molecule has 0 fully saturated rings. The van der Waals surface area contributed by atoms with Crippen LogP contribution in [0.15, 0.2) is 24.3 Å². The van der Waals surface area contributed by atoms with Crippen LogP contribution in [-0.4, -0.2) is 24.8 Å². The molecule has 0 atom stereocenters. The molecule has 19 heavy (non-hydrogen) atoms. The molecule has 1 rings (SSSR count). The van der Waals surface area contributed by atoms with Gasteiger partial charge in [-0.05, 0) is 51.8 Å². The fraction of sp³-hybridized carbons (Fsp3) is 0.533. The van der Waals surface area contributed by atoms with E-state index in [1.165, 1.54) is 5.56 Å². The van der Waals surface area contributed by atoms with E-state index in [1.54, 1.807) is 0 Å². The standard InChI is InChI=1S/C15H24N2O2/c1-5-16-13-8-6-12(7-9-13)10-11-17-14(18)19-15(2,3)4/h6-9,16H,5,10-11H2,1-4H3,(H,17,18). The van der Waals surface area contributed by atoms with Gasteiger partial charge in [-0.15, -0.1) is 0 Å². The zero-order valence-electron chi connectivity index (χ0n) is 12.2. The summed E-state index contributed by atoms with van der Waals surface area (Å²) in [7, 11) is 0. The maximum Gasteiger partial charge on any atom is 0.407 e. The molecule has 0 radical (unpaired) electrons. The first-order valence-corrected chi connectivity index (χ1v) is 6.70. The molecule has 1 aromatic rings. The molecule has 0 aromatic heterocycles.